The van der Waals surface area contributed by atoms with Gasteiger partial charge in [-0.2, -0.15) is 0 Å². The number of aliphatic hydroxyl groups excluding tert-OH is 5. The number of hydrogen-bond donors (Lipinski definition) is 6. The number of hydrogen-bond acceptors (Lipinski definition) is 10. The van der Waals surface area contributed by atoms with Crippen LogP contribution in [-0.4, -0.2) is 99.6 Å². The van der Waals surface area contributed by atoms with Crippen LogP contribution < -0.4 is 5.32 Å². The summed E-state index contributed by atoms with van der Waals surface area (Å²) in [4.78, 5) is 26.4. The lowest BCUT2D eigenvalue weighted by molar-refractivity contribution is -0.305. The summed E-state index contributed by atoms with van der Waals surface area (Å²) in [6.07, 6.45) is 44.4. The molecule has 1 saturated heterocycles. The SMILES string of the molecule is CC/C=C/C/C=C/C/C=C/CCCCCC(O)C(=O)NC(COC1OC(CO)C(O)C(O)C1OC(=O)CCCCCCCCCCCCCCCC)C(O)/C=C/CCCCCCCCCCCCC. The third-order valence-corrected chi connectivity index (χ3v) is 13.2. The van der Waals surface area contributed by atoms with Crippen LogP contribution in [0.1, 0.15) is 245 Å². The number of amides is 1. The first-order chi connectivity index (χ1) is 33.7. The van der Waals surface area contributed by atoms with Crippen LogP contribution in [0.5, 0.6) is 0 Å². The van der Waals surface area contributed by atoms with Gasteiger partial charge in [-0.1, -0.05) is 230 Å². The van der Waals surface area contributed by atoms with Gasteiger partial charge in [0, 0.05) is 6.42 Å². The van der Waals surface area contributed by atoms with E-state index in [-0.39, 0.29) is 19.4 Å². The van der Waals surface area contributed by atoms with Crippen molar-refractivity contribution in [3.63, 3.8) is 0 Å². The molecule has 402 valence electrons. The third kappa shape index (κ3) is 35.4. The molecule has 1 fully saturated rings. The minimum atomic E-state index is -1.61. The molecule has 1 rings (SSSR count). The van der Waals surface area contributed by atoms with Gasteiger partial charge in [-0.15, -0.1) is 0 Å². The van der Waals surface area contributed by atoms with Gasteiger partial charge < -0.3 is 45.1 Å². The lowest BCUT2D eigenvalue weighted by Crippen LogP contribution is -2.61. The molecule has 0 aromatic heterocycles. The summed E-state index contributed by atoms with van der Waals surface area (Å²) in [5.74, 6) is -1.21. The average Bonchev–Trinajstić information content (AvgIpc) is 3.34. The number of carbonyl (C=O) groups is 2. The van der Waals surface area contributed by atoms with Crippen molar-refractivity contribution in [1.29, 1.82) is 0 Å². The molecule has 0 aromatic carbocycles. The van der Waals surface area contributed by atoms with Crippen molar-refractivity contribution in [3.8, 4) is 0 Å². The van der Waals surface area contributed by atoms with Gasteiger partial charge in [0.15, 0.2) is 12.4 Å². The Hall–Kier alpha value is -2.38. The molecule has 11 nitrogen and oxygen atoms in total. The minimum absolute atomic E-state index is 0.123. The smallest absolute Gasteiger partial charge is 0.306 e. The fourth-order valence-electron chi connectivity index (χ4n) is 8.72. The number of esters is 1. The quantitative estimate of drug-likeness (QED) is 0.0196. The highest BCUT2D eigenvalue weighted by atomic mass is 16.7. The Morgan fingerprint density at radius 3 is 1.57 bits per heavy atom. The molecule has 11 heteroatoms. The number of aliphatic hydroxyl groups is 5. The second-order valence-corrected chi connectivity index (χ2v) is 19.6. The van der Waals surface area contributed by atoms with Crippen molar-refractivity contribution < 1.29 is 49.3 Å². The molecule has 8 unspecified atom stereocenters. The van der Waals surface area contributed by atoms with Crippen molar-refractivity contribution in [3.05, 3.63) is 48.6 Å². The van der Waals surface area contributed by atoms with Gasteiger partial charge in [0.1, 0.15) is 24.4 Å². The van der Waals surface area contributed by atoms with Crippen LogP contribution in [0.25, 0.3) is 0 Å². The van der Waals surface area contributed by atoms with Crippen LogP contribution in [0, 0.1) is 0 Å². The Kier molecular flexibility index (Phi) is 43.7. The first-order valence-electron chi connectivity index (χ1n) is 28.4. The van der Waals surface area contributed by atoms with Crippen LogP contribution in [-0.2, 0) is 23.8 Å². The second kappa shape index (κ2) is 46.7. The fourth-order valence-corrected chi connectivity index (χ4v) is 8.72. The number of nitrogens with one attached hydrogen (secondary N) is 1. The standard InChI is InChI=1S/C58H105NO10/c1-4-7-10-13-16-19-22-25-28-31-34-37-40-43-46-53(63)69-56-55(65)54(64)52(47-60)68-58(56)67-48-49(50(61)44-41-38-35-32-29-26-23-20-17-14-11-8-5-2)59-57(66)51(62)45-42-39-36-33-30-27-24-21-18-15-12-9-6-3/h9,12,18,21,27,30,41,44,49-52,54-56,58,60-62,64-65H,4-8,10-11,13-17,19-20,22-26,28-29,31-40,42-43,45-48H2,1-3H3,(H,59,66)/b12-9+,21-18+,30-27+,44-41+. The lowest BCUT2D eigenvalue weighted by atomic mass is 9.99. The monoisotopic (exact) mass is 976 g/mol. The molecular weight excluding hydrogens is 871 g/mol. The second-order valence-electron chi connectivity index (χ2n) is 19.6. The number of unbranched alkanes of at least 4 members (excludes halogenated alkanes) is 27. The topological polar surface area (TPSA) is 175 Å². The third-order valence-electron chi connectivity index (χ3n) is 13.2. The molecule has 1 aliphatic rings. The van der Waals surface area contributed by atoms with Gasteiger partial charge in [0.05, 0.1) is 25.4 Å². The minimum Gasteiger partial charge on any atom is -0.454 e. The van der Waals surface area contributed by atoms with Gasteiger partial charge in [0.25, 0.3) is 0 Å². The van der Waals surface area contributed by atoms with Crippen molar-refractivity contribution >= 4 is 11.9 Å². The van der Waals surface area contributed by atoms with E-state index in [1.165, 1.54) is 122 Å². The van der Waals surface area contributed by atoms with E-state index in [2.05, 4.69) is 62.5 Å². The van der Waals surface area contributed by atoms with Crippen molar-refractivity contribution in [2.24, 2.45) is 0 Å². The van der Waals surface area contributed by atoms with Gasteiger partial charge in [0.2, 0.25) is 5.91 Å². The molecular formula is C58H105NO10. The number of ether oxygens (including phenoxy) is 3. The Morgan fingerprint density at radius 2 is 1.04 bits per heavy atom. The zero-order chi connectivity index (χ0) is 50.4. The molecule has 0 bridgehead atoms. The van der Waals surface area contributed by atoms with E-state index in [9.17, 15) is 35.1 Å². The van der Waals surface area contributed by atoms with E-state index >= 15 is 0 Å². The molecule has 0 spiro atoms. The number of allylic oxidation sites excluding steroid dienone is 7. The van der Waals surface area contributed by atoms with E-state index in [0.29, 0.717) is 12.8 Å². The summed E-state index contributed by atoms with van der Waals surface area (Å²) in [5.41, 5.74) is 0. The first-order valence-corrected chi connectivity index (χ1v) is 28.4. The molecule has 0 radical (unpaired) electrons. The Labute approximate surface area is 421 Å². The summed E-state index contributed by atoms with van der Waals surface area (Å²) in [6.45, 7) is 5.65. The van der Waals surface area contributed by atoms with Gasteiger partial charge in [-0.05, 0) is 57.8 Å². The molecule has 69 heavy (non-hydrogen) atoms. The Balaban J connectivity index is 2.76. The van der Waals surface area contributed by atoms with Crippen molar-refractivity contribution in [1.82, 2.24) is 5.32 Å². The molecule has 0 aliphatic carbocycles. The first kappa shape index (κ1) is 64.6. The van der Waals surface area contributed by atoms with Gasteiger partial charge >= 0.3 is 5.97 Å². The summed E-state index contributed by atoms with van der Waals surface area (Å²) in [7, 11) is 0. The Morgan fingerprint density at radius 1 is 0.580 bits per heavy atom. The maximum absolute atomic E-state index is 13.3. The zero-order valence-corrected chi connectivity index (χ0v) is 44.2. The molecule has 0 saturated carbocycles. The molecule has 1 aliphatic heterocycles. The van der Waals surface area contributed by atoms with E-state index in [0.717, 1.165) is 77.0 Å². The summed E-state index contributed by atoms with van der Waals surface area (Å²) >= 11 is 0. The number of rotatable bonds is 47. The fraction of sp³-hybridized carbons (Fsp3) is 0.828. The predicted molar refractivity (Wildman–Crippen MR) is 283 cm³/mol. The zero-order valence-electron chi connectivity index (χ0n) is 44.2. The van der Waals surface area contributed by atoms with Crippen molar-refractivity contribution in [2.75, 3.05) is 13.2 Å². The molecule has 1 heterocycles. The van der Waals surface area contributed by atoms with Crippen LogP contribution in [0.4, 0.5) is 0 Å². The van der Waals surface area contributed by atoms with Gasteiger partial charge in [-0.3, -0.25) is 9.59 Å². The largest absolute Gasteiger partial charge is 0.454 e. The average molecular weight is 976 g/mol. The highest BCUT2D eigenvalue weighted by molar-refractivity contribution is 5.80. The Bertz CT molecular complexity index is 1300. The maximum atomic E-state index is 13.3. The molecule has 0 aromatic rings. The van der Waals surface area contributed by atoms with Crippen LogP contribution in [0.3, 0.4) is 0 Å². The maximum Gasteiger partial charge on any atom is 0.306 e. The van der Waals surface area contributed by atoms with E-state index in [4.69, 9.17) is 14.2 Å². The summed E-state index contributed by atoms with van der Waals surface area (Å²) in [6, 6.07) is -1.03. The summed E-state index contributed by atoms with van der Waals surface area (Å²) in [5, 5.41) is 56.7. The lowest BCUT2D eigenvalue weighted by Gasteiger charge is -2.41. The van der Waals surface area contributed by atoms with Gasteiger partial charge in [-0.25, -0.2) is 0 Å². The molecule has 8 atom stereocenters. The highest BCUT2D eigenvalue weighted by Crippen LogP contribution is 2.26. The van der Waals surface area contributed by atoms with Crippen LogP contribution >= 0.6 is 0 Å². The molecule has 1 amide bonds. The number of carbonyl (C=O) groups excluding carboxylic acids is 2. The van der Waals surface area contributed by atoms with Crippen LogP contribution in [0.15, 0.2) is 48.6 Å². The predicted octanol–water partition coefficient (Wildman–Crippen LogP) is 12.5. The van der Waals surface area contributed by atoms with Crippen LogP contribution in [0.2, 0.25) is 0 Å². The van der Waals surface area contributed by atoms with E-state index in [1.807, 2.05) is 6.08 Å². The molecule has 6 N–H and O–H groups in total. The van der Waals surface area contributed by atoms with E-state index < -0.39 is 67.4 Å². The van der Waals surface area contributed by atoms with Crippen molar-refractivity contribution in [2.45, 2.75) is 294 Å². The summed E-state index contributed by atoms with van der Waals surface area (Å²) < 4.78 is 17.6. The normalized spacial score (nSPS) is 20.1. The highest BCUT2D eigenvalue weighted by Gasteiger charge is 2.47. The van der Waals surface area contributed by atoms with E-state index in [1.54, 1.807) is 6.08 Å².